The highest BCUT2D eigenvalue weighted by molar-refractivity contribution is 7.99. The zero-order chi connectivity index (χ0) is 20.2. The molecule has 8 heteroatoms. The van der Waals surface area contributed by atoms with E-state index in [0.717, 1.165) is 50.8 Å². The first-order chi connectivity index (χ1) is 14.2. The number of methoxy groups -OCH3 is 1. The maximum atomic E-state index is 13.4. The molecule has 1 atom stereocenters. The molecule has 4 rings (SSSR count). The molecule has 2 fully saturated rings. The molecule has 1 amide bonds. The molecule has 0 unspecified atom stereocenters. The summed E-state index contributed by atoms with van der Waals surface area (Å²) in [5.74, 6) is 2.13. The van der Waals surface area contributed by atoms with Crippen LogP contribution in [-0.2, 0) is 4.74 Å². The molecule has 1 aromatic heterocycles. The summed E-state index contributed by atoms with van der Waals surface area (Å²) in [5, 5.41) is 0.682. The predicted octanol–water partition coefficient (Wildman–Crippen LogP) is 2.08. The molecule has 0 aliphatic carbocycles. The highest BCUT2D eigenvalue weighted by Crippen LogP contribution is 2.26. The second-order valence-electron chi connectivity index (χ2n) is 7.32. The maximum absolute atomic E-state index is 13.4. The van der Waals surface area contributed by atoms with Crippen molar-refractivity contribution >= 4 is 28.6 Å². The zero-order valence-corrected chi connectivity index (χ0v) is 17.4. The van der Waals surface area contributed by atoms with Crippen LogP contribution in [0.2, 0.25) is 0 Å². The van der Waals surface area contributed by atoms with Crippen LogP contribution in [0.1, 0.15) is 16.8 Å². The van der Waals surface area contributed by atoms with Gasteiger partial charge in [-0.25, -0.2) is 4.79 Å². The average molecular weight is 419 g/mol. The van der Waals surface area contributed by atoms with Gasteiger partial charge in [-0.05, 0) is 24.3 Å². The number of nitrogens with zero attached hydrogens (tertiary/aromatic N) is 2. The smallest absolute Gasteiger partial charge is 0.349 e. The van der Waals surface area contributed by atoms with Gasteiger partial charge in [0.1, 0.15) is 5.56 Å². The van der Waals surface area contributed by atoms with Gasteiger partial charge in [0.05, 0.1) is 26.4 Å². The SMILES string of the molecule is COc1cccc2cc(C(=O)N3CCCSC[C@@H]3CN3CCOCC3)c(=O)oc12. The van der Waals surface area contributed by atoms with Gasteiger partial charge in [0.2, 0.25) is 0 Å². The molecule has 0 spiro atoms. The Morgan fingerprint density at radius 1 is 1.28 bits per heavy atom. The van der Waals surface area contributed by atoms with E-state index in [2.05, 4.69) is 4.90 Å². The molecule has 0 radical (unpaired) electrons. The Labute approximate surface area is 173 Å². The standard InChI is InChI=1S/C21H26N2O5S/c1-26-18-5-2-4-15-12-17(21(25)28-19(15)18)20(24)23-6-3-11-29-14-16(23)13-22-7-9-27-10-8-22/h2,4-5,12,16H,3,6-11,13-14H2,1H3/t16-/m0/s1. The van der Waals surface area contributed by atoms with Crippen molar-refractivity contribution in [3.05, 3.63) is 40.2 Å². The monoisotopic (exact) mass is 418 g/mol. The fraction of sp³-hybridized carbons (Fsp3) is 0.524. The largest absolute Gasteiger partial charge is 0.493 e. The number of morpholine rings is 1. The number of ether oxygens (including phenoxy) is 2. The van der Waals surface area contributed by atoms with Gasteiger partial charge in [0, 0.05) is 37.3 Å². The second kappa shape index (κ2) is 9.19. The van der Waals surface area contributed by atoms with Gasteiger partial charge in [-0.15, -0.1) is 0 Å². The van der Waals surface area contributed by atoms with Crippen LogP contribution in [-0.4, -0.2) is 79.8 Å². The Bertz CT molecular complexity index is 925. The summed E-state index contributed by atoms with van der Waals surface area (Å²) >= 11 is 1.87. The number of carbonyl (C=O) groups excluding carboxylic acids is 1. The lowest BCUT2D eigenvalue weighted by molar-refractivity contribution is 0.0244. The summed E-state index contributed by atoms with van der Waals surface area (Å²) in [5.41, 5.74) is -0.161. The fourth-order valence-corrected chi connectivity index (χ4v) is 4.97. The third-order valence-electron chi connectivity index (χ3n) is 5.45. The highest BCUT2D eigenvalue weighted by Gasteiger charge is 2.30. The van der Waals surface area contributed by atoms with E-state index in [1.54, 1.807) is 12.1 Å². The van der Waals surface area contributed by atoms with Gasteiger partial charge >= 0.3 is 5.63 Å². The number of hydrogen-bond donors (Lipinski definition) is 0. The summed E-state index contributed by atoms with van der Waals surface area (Å²) in [7, 11) is 1.53. The number of rotatable bonds is 4. The molecule has 0 bridgehead atoms. The van der Waals surface area contributed by atoms with Crippen molar-refractivity contribution in [1.29, 1.82) is 0 Å². The molecule has 29 heavy (non-hydrogen) atoms. The topological polar surface area (TPSA) is 72.2 Å². The van der Waals surface area contributed by atoms with Crippen molar-refractivity contribution in [1.82, 2.24) is 9.80 Å². The number of amides is 1. The van der Waals surface area contributed by atoms with Crippen LogP contribution in [0.5, 0.6) is 5.75 Å². The van der Waals surface area contributed by atoms with Crippen LogP contribution < -0.4 is 10.4 Å². The van der Waals surface area contributed by atoms with E-state index in [-0.39, 0.29) is 17.5 Å². The third-order valence-corrected chi connectivity index (χ3v) is 6.64. The Morgan fingerprint density at radius 2 is 2.10 bits per heavy atom. The molecule has 7 nitrogen and oxygen atoms in total. The van der Waals surface area contributed by atoms with E-state index >= 15 is 0 Å². The van der Waals surface area contributed by atoms with Crippen LogP contribution in [0.15, 0.2) is 33.5 Å². The molecule has 2 aliphatic rings. The zero-order valence-electron chi connectivity index (χ0n) is 16.6. The summed E-state index contributed by atoms with van der Waals surface area (Å²) < 4.78 is 16.2. The lowest BCUT2D eigenvalue weighted by Crippen LogP contribution is -2.51. The van der Waals surface area contributed by atoms with Crippen molar-refractivity contribution in [2.45, 2.75) is 12.5 Å². The van der Waals surface area contributed by atoms with Crippen molar-refractivity contribution in [2.75, 3.05) is 58.0 Å². The van der Waals surface area contributed by atoms with Crippen LogP contribution in [0.3, 0.4) is 0 Å². The minimum atomic E-state index is -0.617. The molecule has 1 aromatic carbocycles. The van der Waals surface area contributed by atoms with Crippen molar-refractivity contribution in [2.24, 2.45) is 0 Å². The molecular formula is C21H26N2O5S. The average Bonchev–Trinajstić information content (AvgIpc) is 2.98. The van der Waals surface area contributed by atoms with Crippen molar-refractivity contribution < 1.29 is 18.7 Å². The Kier molecular flexibility index (Phi) is 6.42. The van der Waals surface area contributed by atoms with E-state index < -0.39 is 5.63 Å². The molecule has 0 saturated carbocycles. The lowest BCUT2D eigenvalue weighted by Gasteiger charge is -2.35. The number of benzene rings is 1. The van der Waals surface area contributed by atoms with E-state index in [0.29, 0.717) is 23.3 Å². The van der Waals surface area contributed by atoms with Crippen LogP contribution >= 0.6 is 11.8 Å². The molecule has 156 valence electrons. The van der Waals surface area contributed by atoms with E-state index in [4.69, 9.17) is 13.9 Å². The van der Waals surface area contributed by atoms with E-state index in [9.17, 15) is 9.59 Å². The third kappa shape index (κ3) is 4.44. The summed E-state index contributed by atoms with van der Waals surface area (Å²) in [6, 6.07) is 7.07. The molecular weight excluding hydrogens is 392 g/mol. The first kappa shape index (κ1) is 20.3. The van der Waals surface area contributed by atoms with Crippen LogP contribution in [0.4, 0.5) is 0 Å². The first-order valence-electron chi connectivity index (χ1n) is 9.97. The predicted molar refractivity (Wildman–Crippen MR) is 113 cm³/mol. The lowest BCUT2D eigenvalue weighted by atomic mass is 10.1. The molecule has 0 N–H and O–H groups in total. The van der Waals surface area contributed by atoms with Crippen molar-refractivity contribution in [3.63, 3.8) is 0 Å². The van der Waals surface area contributed by atoms with E-state index in [1.165, 1.54) is 7.11 Å². The molecule has 3 heterocycles. The highest BCUT2D eigenvalue weighted by atomic mass is 32.2. The number of fused-ring (bicyclic) bond motifs is 1. The summed E-state index contributed by atoms with van der Waals surface area (Å²) in [6.45, 7) is 4.65. The van der Waals surface area contributed by atoms with Crippen LogP contribution in [0, 0.1) is 0 Å². The van der Waals surface area contributed by atoms with Gasteiger partial charge in [-0.2, -0.15) is 11.8 Å². The quantitative estimate of drug-likeness (QED) is 0.704. The van der Waals surface area contributed by atoms with Crippen molar-refractivity contribution in [3.8, 4) is 5.75 Å². The minimum Gasteiger partial charge on any atom is -0.493 e. The summed E-state index contributed by atoms with van der Waals surface area (Å²) in [6.07, 6.45) is 0.919. The van der Waals surface area contributed by atoms with Gasteiger partial charge < -0.3 is 18.8 Å². The first-order valence-corrected chi connectivity index (χ1v) is 11.1. The van der Waals surface area contributed by atoms with Gasteiger partial charge in [0.25, 0.3) is 5.91 Å². The second-order valence-corrected chi connectivity index (χ2v) is 8.47. The van der Waals surface area contributed by atoms with Gasteiger partial charge in [-0.1, -0.05) is 12.1 Å². The normalized spacial score (nSPS) is 21.1. The Balaban J connectivity index is 1.63. The van der Waals surface area contributed by atoms with E-state index in [1.807, 2.05) is 28.8 Å². The number of carbonyl (C=O) groups is 1. The van der Waals surface area contributed by atoms with Gasteiger partial charge in [-0.3, -0.25) is 9.69 Å². The molecule has 2 aliphatic heterocycles. The summed E-state index contributed by atoms with van der Waals surface area (Å²) in [4.78, 5) is 30.3. The molecule has 2 aromatic rings. The number of hydrogen-bond acceptors (Lipinski definition) is 7. The number of thioether (sulfide) groups is 1. The maximum Gasteiger partial charge on any atom is 0.349 e. The van der Waals surface area contributed by atoms with Crippen LogP contribution in [0.25, 0.3) is 11.0 Å². The Hall–Kier alpha value is -2.03. The molecule has 2 saturated heterocycles. The minimum absolute atomic E-state index is 0.0634. The Morgan fingerprint density at radius 3 is 2.90 bits per heavy atom. The number of para-hydroxylation sites is 1. The van der Waals surface area contributed by atoms with Gasteiger partial charge in [0.15, 0.2) is 11.3 Å². The fourth-order valence-electron chi connectivity index (χ4n) is 3.91.